The molecule has 136 valence electrons. The van der Waals surface area contributed by atoms with E-state index in [1.54, 1.807) is 32.4 Å². The standard InChI is InChI=1S/C20H22N2O3S/c1-24-17-10-8-16(14-18(17)25-2)9-11-19(23)22-20(26)21-13-12-15-6-4-3-5-7-15/h3-11,14H,12-13H2,1-2H3,(H2,21,22,23,26)/b11-9+. The Morgan fingerprint density at radius 3 is 2.50 bits per heavy atom. The van der Waals surface area contributed by atoms with Crippen molar-refractivity contribution in [2.24, 2.45) is 0 Å². The number of carbonyl (C=O) groups excluding carboxylic acids is 1. The summed E-state index contributed by atoms with van der Waals surface area (Å²) in [4.78, 5) is 12.0. The first-order chi connectivity index (χ1) is 12.6. The third-order valence-electron chi connectivity index (χ3n) is 3.61. The van der Waals surface area contributed by atoms with Gasteiger partial charge in [0.15, 0.2) is 16.6 Å². The monoisotopic (exact) mass is 370 g/mol. The Balaban J connectivity index is 1.80. The SMILES string of the molecule is COc1ccc(/C=C/C(=O)NC(=S)NCCc2ccccc2)cc1OC. The summed E-state index contributed by atoms with van der Waals surface area (Å²) in [5.41, 5.74) is 2.03. The van der Waals surface area contributed by atoms with Crippen LogP contribution in [0.4, 0.5) is 0 Å². The van der Waals surface area contributed by atoms with Crippen LogP contribution in [-0.2, 0) is 11.2 Å². The molecule has 6 heteroatoms. The van der Waals surface area contributed by atoms with Gasteiger partial charge in [0.25, 0.3) is 0 Å². The van der Waals surface area contributed by atoms with Crippen LogP contribution in [0.1, 0.15) is 11.1 Å². The predicted octanol–water partition coefficient (Wildman–Crippen LogP) is 2.95. The summed E-state index contributed by atoms with van der Waals surface area (Å²) in [5, 5.41) is 5.96. The van der Waals surface area contributed by atoms with E-state index in [0.29, 0.717) is 23.2 Å². The summed E-state index contributed by atoms with van der Waals surface area (Å²) in [7, 11) is 3.14. The second kappa shape index (κ2) is 10.2. The Hall–Kier alpha value is -2.86. The molecule has 0 atom stereocenters. The molecule has 2 aromatic rings. The molecule has 2 N–H and O–H groups in total. The number of hydrogen-bond acceptors (Lipinski definition) is 4. The molecule has 0 aliphatic carbocycles. The lowest BCUT2D eigenvalue weighted by molar-refractivity contribution is -0.115. The molecule has 0 fully saturated rings. The van der Waals surface area contributed by atoms with Crippen molar-refractivity contribution in [1.29, 1.82) is 0 Å². The summed E-state index contributed by atoms with van der Waals surface area (Å²) in [5.74, 6) is 0.947. The number of ether oxygens (including phenoxy) is 2. The minimum atomic E-state index is -0.294. The van der Waals surface area contributed by atoms with E-state index in [0.717, 1.165) is 12.0 Å². The van der Waals surface area contributed by atoms with Crippen molar-refractivity contribution in [3.05, 3.63) is 65.7 Å². The van der Waals surface area contributed by atoms with E-state index in [1.807, 2.05) is 24.3 Å². The zero-order chi connectivity index (χ0) is 18.8. The maximum absolute atomic E-state index is 12.0. The highest BCUT2D eigenvalue weighted by atomic mass is 32.1. The molecule has 0 bridgehead atoms. The molecule has 0 heterocycles. The average Bonchev–Trinajstić information content (AvgIpc) is 2.67. The fourth-order valence-corrected chi connectivity index (χ4v) is 2.49. The van der Waals surface area contributed by atoms with Gasteiger partial charge in [-0.1, -0.05) is 36.4 Å². The number of nitrogens with one attached hydrogen (secondary N) is 2. The smallest absolute Gasteiger partial charge is 0.250 e. The van der Waals surface area contributed by atoms with Crippen LogP contribution in [0.5, 0.6) is 11.5 Å². The molecular formula is C20H22N2O3S. The largest absolute Gasteiger partial charge is 0.493 e. The van der Waals surface area contributed by atoms with Gasteiger partial charge in [-0.2, -0.15) is 0 Å². The van der Waals surface area contributed by atoms with Gasteiger partial charge in [-0.15, -0.1) is 0 Å². The van der Waals surface area contributed by atoms with Crippen molar-refractivity contribution in [2.45, 2.75) is 6.42 Å². The van der Waals surface area contributed by atoms with Gasteiger partial charge in [-0.25, -0.2) is 0 Å². The predicted molar refractivity (Wildman–Crippen MR) is 107 cm³/mol. The van der Waals surface area contributed by atoms with Gasteiger partial charge < -0.3 is 14.8 Å². The number of hydrogen-bond donors (Lipinski definition) is 2. The van der Waals surface area contributed by atoms with E-state index in [1.165, 1.54) is 11.6 Å². The Kier molecular flexibility index (Phi) is 7.64. The van der Waals surface area contributed by atoms with E-state index >= 15 is 0 Å². The maximum atomic E-state index is 12.0. The molecule has 0 saturated heterocycles. The number of benzene rings is 2. The van der Waals surface area contributed by atoms with Gasteiger partial charge in [0.2, 0.25) is 5.91 Å². The fourth-order valence-electron chi connectivity index (χ4n) is 2.29. The molecule has 2 rings (SSSR count). The van der Waals surface area contributed by atoms with Crippen LogP contribution < -0.4 is 20.1 Å². The van der Waals surface area contributed by atoms with Gasteiger partial charge in [0.1, 0.15) is 0 Å². The zero-order valence-electron chi connectivity index (χ0n) is 14.8. The minimum Gasteiger partial charge on any atom is -0.493 e. The quantitative estimate of drug-likeness (QED) is 0.580. The Labute approximate surface area is 159 Å². The molecule has 0 aliphatic rings. The lowest BCUT2D eigenvalue weighted by Crippen LogP contribution is -2.39. The van der Waals surface area contributed by atoms with E-state index < -0.39 is 0 Å². The van der Waals surface area contributed by atoms with Gasteiger partial charge in [-0.3, -0.25) is 10.1 Å². The Bertz CT molecular complexity index is 776. The average molecular weight is 370 g/mol. The molecule has 1 amide bonds. The van der Waals surface area contributed by atoms with Crippen LogP contribution in [0, 0.1) is 0 Å². The van der Waals surface area contributed by atoms with Crippen LogP contribution in [0.3, 0.4) is 0 Å². The van der Waals surface area contributed by atoms with Gasteiger partial charge >= 0.3 is 0 Å². The highest BCUT2D eigenvalue weighted by molar-refractivity contribution is 7.80. The number of methoxy groups -OCH3 is 2. The van der Waals surface area contributed by atoms with Crippen LogP contribution >= 0.6 is 12.2 Å². The molecule has 0 spiro atoms. The summed E-state index contributed by atoms with van der Waals surface area (Å²) >= 11 is 5.14. The highest BCUT2D eigenvalue weighted by Gasteiger charge is 2.04. The summed E-state index contributed by atoms with van der Waals surface area (Å²) in [6.07, 6.45) is 3.94. The molecule has 26 heavy (non-hydrogen) atoms. The van der Waals surface area contributed by atoms with Crippen LogP contribution in [0.15, 0.2) is 54.6 Å². The normalized spacial score (nSPS) is 10.4. The number of thiocarbonyl (C=S) groups is 1. The highest BCUT2D eigenvalue weighted by Crippen LogP contribution is 2.27. The van der Waals surface area contributed by atoms with Crippen molar-refractivity contribution >= 4 is 29.3 Å². The van der Waals surface area contributed by atoms with Gasteiger partial charge in [0, 0.05) is 12.6 Å². The second-order valence-electron chi connectivity index (χ2n) is 5.43. The molecule has 0 saturated carbocycles. The number of amides is 1. The van der Waals surface area contributed by atoms with Gasteiger partial charge in [0.05, 0.1) is 14.2 Å². The third kappa shape index (κ3) is 6.22. The Morgan fingerprint density at radius 2 is 1.81 bits per heavy atom. The van der Waals surface area contributed by atoms with Gasteiger partial charge in [-0.05, 0) is 48.0 Å². The van der Waals surface area contributed by atoms with Crippen LogP contribution in [0.25, 0.3) is 6.08 Å². The van der Waals surface area contributed by atoms with Crippen molar-refractivity contribution in [3.63, 3.8) is 0 Å². The van der Waals surface area contributed by atoms with E-state index in [-0.39, 0.29) is 5.91 Å². The number of carbonyl (C=O) groups is 1. The maximum Gasteiger partial charge on any atom is 0.250 e. The van der Waals surface area contributed by atoms with Crippen LogP contribution in [-0.4, -0.2) is 31.8 Å². The first-order valence-corrected chi connectivity index (χ1v) is 8.56. The summed E-state index contributed by atoms with van der Waals surface area (Å²) in [6, 6.07) is 15.5. The summed E-state index contributed by atoms with van der Waals surface area (Å²) < 4.78 is 10.4. The molecule has 0 aromatic heterocycles. The van der Waals surface area contributed by atoms with E-state index in [9.17, 15) is 4.79 Å². The molecule has 0 unspecified atom stereocenters. The van der Waals surface area contributed by atoms with Crippen molar-refractivity contribution in [2.75, 3.05) is 20.8 Å². The molecule has 5 nitrogen and oxygen atoms in total. The minimum absolute atomic E-state index is 0.294. The van der Waals surface area contributed by atoms with E-state index in [2.05, 4.69) is 22.8 Å². The van der Waals surface area contributed by atoms with Crippen LogP contribution in [0.2, 0.25) is 0 Å². The lowest BCUT2D eigenvalue weighted by Gasteiger charge is -2.08. The topological polar surface area (TPSA) is 59.6 Å². The number of rotatable bonds is 7. The van der Waals surface area contributed by atoms with Crippen molar-refractivity contribution in [3.8, 4) is 11.5 Å². The molecule has 0 radical (unpaired) electrons. The van der Waals surface area contributed by atoms with Crippen molar-refractivity contribution < 1.29 is 14.3 Å². The first-order valence-electron chi connectivity index (χ1n) is 8.15. The first kappa shape index (κ1) is 19.5. The zero-order valence-corrected chi connectivity index (χ0v) is 15.6. The van der Waals surface area contributed by atoms with E-state index in [4.69, 9.17) is 21.7 Å². The molecular weight excluding hydrogens is 348 g/mol. The second-order valence-corrected chi connectivity index (χ2v) is 5.84. The lowest BCUT2D eigenvalue weighted by atomic mass is 10.1. The molecule has 0 aliphatic heterocycles. The Morgan fingerprint density at radius 1 is 1.08 bits per heavy atom. The van der Waals surface area contributed by atoms with Crippen molar-refractivity contribution in [1.82, 2.24) is 10.6 Å². The molecule has 2 aromatic carbocycles. The fraction of sp³-hybridized carbons (Fsp3) is 0.200. The summed E-state index contributed by atoms with van der Waals surface area (Å²) in [6.45, 7) is 0.655. The third-order valence-corrected chi connectivity index (χ3v) is 3.86.